The summed E-state index contributed by atoms with van der Waals surface area (Å²) in [5, 5.41) is 0. The number of benzene rings is 1. The van der Waals surface area contributed by atoms with Crippen LogP contribution < -0.4 is 5.73 Å². The Balaban J connectivity index is 1.83. The molecule has 0 radical (unpaired) electrons. The van der Waals surface area contributed by atoms with Crippen molar-refractivity contribution in [2.24, 2.45) is 11.7 Å². The van der Waals surface area contributed by atoms with Crippen LogP contribution in [0.3, 0.4) is 0 Å². The highest BCUT2D eigenvalue weighted by molar-refractivity contribution is 5.34. The molecule has 1 aromatic rings. The fourth-order valence-corrected chi connectivity index (χ4v) is 3.27. The first-order valence-corrected chi connectivity index (χ1v) is 7.05. The fourth-order valence-electron chi connectivity index (χ4n) is 3.27. The van der Waals surface area contributed by atoms with Gasteiger partial charge in [0.25, 0.3) is 0 Å². The van der Waals surface area contributed by atoms with Crippen molar-refractivity contribution in [3.63, 3.8) is 0 Å². The quantitative estimate of drug-likeness (QED) is 0.888. The molecule has 0 amide bonds. The molecule has 3 rings (SSSR count). The van der Waals surface area contributed by atoms with Crippen molar-refractivity contribution in [3.8, 4) is 0 Å². The first kappa shape index (κ1) is 12.2. The van der Waals surface area contributed by atoms with Crippen molar-refractivity contribution in [2.45, 2.75) is 44.1 Å². The Morgan fingerprint density at radius 3 is 2.17 bits per heavy atom. The van der Waals surface area contributed by atoms with Crippen LogP contribution in [-0.2, 0) is 10.2 Å². The second-order valence-electron chi connectivity index (χ2n) is 6.35. The average molecular weight is 245 g/mol. The molecule has 1 aromatic carbocycles. The minimum atomic E-state index is 0.269. The van der Waals surface area contributed by atoms with E-state index in [2.05, 4.69) is 38.1 Å². The molecule has 18 heavy (non-hydrogen) atoms. The molecule has 2 aliphatic rings. The fraction of sp³-hybridized carbons (Fsp3) is 0.625. The van der Waals surface area contributed by atoms with Gasteiger partial charge in [-0.3, -0.25) is 0 Å². The van der Waals surface area contributed by atoms with E-state index in [0.717, 1.165) is 32.0 Å². The molecule has 98 valence electrons. The lowest BCUT2D eigenvalue weighted by Crippen LogP contribution is -2.58. The minimum absolute atomic E-state index is 0.269. The highest BCUT2D eigenvalue weighted by Gasteiger charge is 2.51. The van der Waals surface area contributed by atoms with Gasteiger partial charge in [0.15, 0.2) is 0 Å². The molecule has 2 fully saturated rings. The van der Waals surface area contributed by atoms with Gasteiger partial charge in [0, 0.05) is 11.5 Å². The molecular weight excluding hydrogens is 222 g/mol. The van der Waals surface area contributed by atoms with Crippen molar-refractivity contribution < 1.29 is 4.74 Å². The molecule has 1 heterocycles. The molecule has 1 aliphatic heterocycles. The maximum atomic E-state index is 5.95. The monoisotopic (exact) mass is 245 g/mol. The average Bonchev–Trinajstić information content (AvgIpc) is 2.26. The van der Waals surface area contributed by atoms with E-state index in [1.54, 1.807) is 0 Å². The Hall–Kier alpha value is -0.860. The van der Waals surface area contributed by atoms with Gasteiger partial charge in [-0.25, -0.2) is 0 Å². The highest BCUT2D eigenvalue weighted by Crippen LogP contribution is 2.48. The van der Waals surface area contributed by atoms with Gasteiger partial charge < -0.3 is 10.5 Å². The van der Waals surface area contributed by atoms with Crippen molar-refractivity contribution in [2.75, 3.05) is 13.2 Å². The predicted octanol–water partition coefficient (Wildman–Crippen LogP) is 2.82. The summed E-state index contributed by atoms with van der Waals surface area (Å²) in [4.78, 5) is 0. The van der Waals surface area contributed by atoms with Crippen LogP contribution in [0.15, 0.2) is 24.3 Å². The van der Waals surface area contributed by atoms with Crippen LogP contribution in [0.4, 0.5) is 0 Å². The summed E-state index contributed by atoms with van der Waals surface area (Å²) in [7, 11) is 0. The Morgan fingerprint density at radius 1 is 1.17 bits per heavy atom. The summed E-state index contributed by atoms with van der Waals surface area (Å²) in [5.41, 5.74) is 9.08. The lowest BCUT2D eigenvalue weighted by atomic mass is 9.59. The van der Waals surface area contributed by atoms with E-state index in [4.69, 9.17) is 10.5 Å². The van der Waals surface area contributed by atoms with Gasteiger partial charge in [-0.2, -0.15) is 0 Å². The molecule has 2 nitrogen and oxygen atoms in total. The minimum Gasteiger partial charge on any atom is -0.379 e. The number of hydrogen-bond donors (Lipinski definition) is 1. The van der Waals surface area contributed by atoms with E-state index in [1.165, 1.54) is 11.1 Å². The maximum Gasteiger partial charge on any atom is 0.0588 e. The largest absolute Gasteiger partial charge is 0.379 e. The van der Waals surface area contributed by atoms with Crippen molar-refractivity contribution in [1.82, 2.24) is 0 Å². The Bertz CT molecular complexity index is 413. The molecule has 0 unspecified atom stereocenters. The summed E-state index contributed by atoms with van der Waals surface area (Å²) in [5.74, 6) is 1.33. The zero-order valence-electron chi connectivity index (χ0n) is 11.4. The molecule has 0 bridgehead atoms. The van der Waals surface area contributed by atoms with Crippen LogP contribution in [0.5, 0.6) is 0 Å². The molecule has 0 spiro atoms. The second kappa shape index (κ2) is 4.36. The summed E-state index contributed by atoms with van der Waals surface area (Å²) in [6.07, 6.45) is 2.32. The molecule has 1 aliphatic carbocycles. The van der Waals surface area contributed by atoms with Crippen molar-refractivity contribution in [3.05, 3.63) is 35.4 Å². The molecule has 2 heteroatoms. The van der Waals surface area contributed by atoms with Crippen LogP contribution in [-0.4, -0.2) is 19.3 Å². The summed E-state index contributed by atoms with van der Waals surface area (Å²) in [6, 6.07) is 9.59. The lowest BCUT2D eigenvalue weighted by molar-refractivity contribution is -0.111. The third-order valence-electron chi connectivity index (χ3n) is 4.83. The second-order valence-corrected chi connectivity index (χ2v) is 6.35. The van der Waals surface area contributed by atoms with E-state index in [9.17, 15) is 0 Å². The van der Waals surface area contributed by atoms with Gasteiger partial charge in [0.2, 0.25) is 0 Å². The number of nitrogens with two attached hydrogens (primary N) is 1. The van der Waals surface area contributed by atoms with Gasteiger partial charge in [-0.05, 0) is 35.8 Å². The number of hydrogen-bond acceptors (Lipinski definition) is 2. The van der Waals surface area contributed by atoms with Crippen LogP contribution >= 0.6 is 0 Å². The zero-order valence-corrected chi connectivity index (χ0v) is 11.4. The van der Waals surface area contributed by atoms with Crippen LogP contribution in [0.25, 0.3) is 0 Å². The highest BCUT2D eigenvalue weighted by atomic mass is 16.5. The standard InChI is InChI=1S/C16H23NO/c1-11(2)12-3-5-13(6-4-12)16(9-18-10-16)14-7-15(17)8-14/h3-6,11,14-15H,7-10,17H2,1-2H3. The van der Waals surface area contributed by atoms with Gasteiger partial charge >= 0.3 is 0 Å². The summed E-state index contributed by atoms with van der Waals surface area (Å²) >= 11 is 0. The third kappa shape index (κ3) is 1.79. The topological polar surface area (TPSA) is 35.2 Å². The van der Waals surface area contributed by atoms with Gasteiger partial charge in [0.1, 0.15) is 0 Å². The summed E-state index contributed by atoms with van der Waals surface area (Å²) < 4.78 is 5.52. The van der Waals surface area contributed by atoms with E-state index in [-0.39, 0.29) is 5.41 Å². The Labute approximate surface area is 110 Å². The molecule has 1 saturated carbocycles. The van der Waals surface area contributed by atoms with Crippen molar-refractivity contribution in [1.29, 1.82) is 0 Å². The Morgan fingerprint density at radius 2 is 1.78 bits per heavy atom. The molecule has 1 saturated heterocycles. The van der Waals surface area contributed by atoms with Gasteiger partial charge in [-0.1, -0.05) is 38.1 Å². The zero-order chi connectivity index (χ0) is 12.8. The molecular formula is C16H23NO. The number of rotatable bonds is 3. The van der Waals surface area contributed by atoms with Gasteiger partial charge in [0.05, 0.1) is 13.2 Å². The lowest BCUT2D eigenvalue weighted by Gasteiger charge is -2.53. The van der Waals surface area contributed by atoms with Gasteiger partial charge in [-0.15, -0.1) is 0 Å². The first-order valence-electron chi connectivity index (χ1n) is 7.05. The number of ether oxygens (including phenoxy) is 1. The van der Waals surface area contributed by atoms with Crippen LogP contribution in [0.2, 0.25) is 0 Å². The van der Waals surface area contributed by atoms with E-state index < -0.39 is 0 Å². The third-order valence-corrected chi connectivity index (χ3v) is 4.83. The molecule has 2 N–H and O–H groups in total. The van der Waals surface area contributed by atoms with E-state index in [1.807, 2.05) is 0 Å². The van der Waals surface area contributed by atoms with Crippen molar-refractivity contribution >= 4 is 0 Å². The summed E-state index contributed by atoms with van der Waals surface area (Å²) in [6.45, 7) is 6.24. The molecule has 0 aromatic heterocycles. The van der Waals surface area contributed by atoms with Crippen LogP contribution in [0, 0.1) is 5.92 Å². The van der Waals surface area contributed by atoms with E-state index >= 15 is 0 Å². The maximum absolute atomic E-state index is 5.95. The Kier molecular flexibility index (Phi) is 2.95. The van der Waals surface area contributed by atoms with E-state index in [0.29, 0.717) is 12.0 Å². The molecule has 0 atom stereocenters. The first-order chi connectivity index (χ1) is 8.62. The smallest absolute Gasteiger partial charge is 0.0588 e. The predicted molar refractivity (Wildman–Crippen MR) is 73.7 cm³/mol. The SMILES string of the molecule is CC(C)c1ccc(C2(C3CC(N)C3)COC2)cc1. The normalized spacial score (nSPS) is 29.8. The van der Waals surface area contributed by atoms with Crippen LogP contribution in [0.1, 0.15) is 43.7 Å².